The summed E-state index contributed by atoms with van der Waals surface area (Å²) in [6.07, 6.45) is 1.85. The lowest BCUT2D eigenvalue weighted by Gasteiger charge is -2.14. The zero-order chi connectivity index (χ0) is 13.8. The maximum Gasteiger partial charge on any atom is 0.387 e. The SMILES string of the molecule is COC(O)c1ccc(-c2cn[nH]c2)c(OC(F)F)c1. The molecule has 19 heavy (non-hydrogen) atoms. The first-order valence-corrected chi connectivity index (χ1v) is 5.40. The highest BCUT2D eigenvalue weighted by Crippen LogP contribution is 2.33. The number of halogens is 2. The Morgan fingerprint density at radius 3 is 2.74 bits per heavy atom. The van der Waals surface area contributed by atoms with E-state index >= 15 is 0 Å². The van der Waals surface area contributed by atoms with Crippen LogP contribution in [-0.4, -0.2) is 29.0 Å². The van der Waals surface area contributed by atoms with Crippen LogP contribution in [0.3, 0.4) is 0 Å². The molecule has 1 aromatic heterocycles. The van der Waals surface area contributed by atoms with Gasteiger partial charge in [-0.05, 0) is 6.07 Å². The lowest BCUT2D eigenvalue weighted by molar-refractivity contribution is -0.0779. The van der Waals surface area contributed by atoms with E-state index in [1.807, 2.05) is 0 Å². The van der Waals surface area contributed by atoms with Gasteiger partial charge in [0.15, 0.2) is 6.29 Å². The second-order valence-electron chi connectivity index (χ2n) is 3.71. The summed E-state index contributed by atoms with van der Waals surface area (Å²) in [6.45, 7) is -2.96. The first kappa shape index (κ1) is 13.4. The highest BCUT2D eigenvalue weighted by atomic mass is 19.3. The lowest BCUT2D eigenvalue weighted by atomic mass is 10.1. The minimum atomic E-state index is -2.96. The fraction of sp³-hybridized carbons (Fsp3) is 0.250. The predicted octanol–water partition coefficient (Wildman–Crippen LogP) is 2.32. The zero-order valence-electron chi connectivity index (χ0n) is 10.0. The van der Waals surface area contributed by atoms with E-state index in [1.165, 1.54) is 19.4 Å². The van der Waals surface area contributed by atoms with Crippen LogP contribution in [0.4, 0.5) is 8.78 Å². The van der Waals surface area contributed by atoms with Crippen LogP contribution in [0.2, 0.25) is 0 Å². The number of hydrogen-bond donors (Lipinski definition) is 2. The molecule has 0 aliphatic carbocycles. The molecular formula is C12H12F2N2O3. The van der Waals surface area contributed by atoms with Crippen LogP contribution in [0.25, 0.3) is 11.1 Å². The summed E-state index contributed by atoms with van der Waals surface area (Å²) >= 11 is 0. The summed E-state index contributed by atoms with van der Waals surface area (Å²) in [5.74, 6) is -0.0509. The number of benzene rings is 1. The van der Waals surface area contributed by atoms with E-state index in [2.05, 4.69) is 14.9 Å². The van der Waals surface area contributed by atoms with Crippen molar-refractivity contribution < 1.29 is 23.4 Å². The van der Waals surface area contributed by atoms with Crippen LogP contribution < -0.4 is 4.74 Å². The summed E-state index contributed by atoms with van der Waals surface area (Å²) in [4.78, 5) is 0. The molecule has 0 aliphatic heterocycles. The molecule has 2 aromatic rings. The maximum atomic E-state index is 12.4. The smallest absolute Gasteiger partial charge is 0.387 e. The number of H-pyrrole nitrogens is 1. The molecule has 2 N–H and O–H groups in total. The lowest BCUT2D eigenvalue weighted by Crippen LogP contribution is -2.05. The molecule has 0 bridgehead atoms. The van der Waals surface area contributed by atoms with E-state index in [9.17, 15) is 13.9 Å². The Bertz CT molecular complexity index is 532. The minimum Gasteiger partial charge on any atom is -0.434 e. The van der Waals surface area contributed by atoms with Crippen molar-refractivity contribution in [3.8, 4) is 16.9 Å². The van der Waals surface area contributed by atoms with Gasteiger partial charge in [-0.1, -0.05) is 12.1 Å². The third-order valence-electron chi connectivity index (χ3n) is 2.54. The van der Waals surface area contributed by atoms with Gasteiger partial charge >= 0.3 is 6.61 Å². The van der Waals surface area contributed by atoms with Gasteiger partial charge in [0.2, 0.25) is 0 Å². The molecule has 0 aliphatic rings. The van der Waals surface area contributed by atoms with Gasteiger partial charge in [0.1, 0.15) is 5.75 Å². The monoisotopic (exact) mass is 270 g/mol. The number of rotatable bonds is 5. The molecule has 1 heterocycles. The van der Waals surface area contributed by atoms with Gasteiger partial charge in [-0.15, -0.1) is 0 Å². The number of aliphatic hydroxyl groups is 1. The minimum absolute atomic E-state index is 0.0509. The van der Waals surface area contributed by atoms with Crippen LogP contribution in [0.15, 0.2) is 30.6 Å². The van der Waals surface area contributed by atoms with Crippen molar-refractivity contribution in [1.82, 2.24) is 10.2 Å². The molecule has 102 valence electrons. The van der Waals surface area contributed by atoms with Crippen molar-refractivity contribution in [3.63, 3.8) is 0 Å². The highest BCUT2D eigenvalue weighted by Gasteiger charge is 2.15. The van der Waals surface area contributed by atoms with E-state index in [4.69, 9.17) is 4.74 Å². The van der Waals surface area contributed by atoms with Crippen molar-refractivity contribution in [2.24, 2.45) is 0 Å². The molecule has 1 aromatic carbocycles. The first-order chi connectivity index (χ1) is 9.11. The third-order valence-corrected chi connectivity index (χ3v) is 2.54. The Morgan fingerprint density at radius 1 is 1.37 bits per heavy atom. The Labute approximate surface area is 107 Å². The topological polar surface area (TPSA) is 67.4 Å². The summed E-state index contributed by atoms with van der Waals surface area (Å²) in [7, 11) is 1.31. The molecule has 0 saturated heterocycles. The van der Waals surface area contributed by atoms with E-state index in [0.29, 0.717) is 16.7 Å². The largest absolute Gasteiger partial charge is 0.434 e. The van der Waals surface area contributed by atoms with Crippen LogP contribution in [0.1, 0.15) is 11.9 Å². The van der Waals surface area contributed by atoms with Gasteiger partial charge in [-0.2, -0.15) is 13.9 Å². The highest BCUT2D eigenvalue weighted by molar-refractivity contribution is 5.69. The van der Waals surface area contributed by atoms with Gasteiger partial charge < -0.3 is 14.6 Å². The Balaban J connectivity index is 2.43. The van der Waals surface area contributed by atoms with Crippen LogP contribution >= 0.6 is 0 Å². The summed E-state index contributed by atoms with van der Waals surface area (Å²) < 4.78 is 34.0. The number of hydrogen-bond acceptors (Lipinski definition) is 4. The molecule has 0 radical (unpaired) electrons. The Hall–Kier alpha value is -1.99. The number of methoxy groups -OCH3 is 1. The zero-order valence-corrected chi connectivity index (χ0v) is 10.0. The summed E-state index contributed by atoms with van der Waals surface area (Å²) in [6, 6.07) is 4.43. The second kappa shape index (κ2) is 5.77. The normalized spacial score (nSPS) is 12.7. The molecule has 2 rings (SSSR count). The second-order valence-corrected chi connectivity index (χ2v) is 3.71. The van der Waals surface area contributed by atoms with Crippen molar-refractivity contribution in [3.05, 3.63) is 36.2 Å². The van der Waals surface area contributed by atoms with Gasteiger partial charge in [-0.3, -0.25) is 5.10 Å². The van der Waals surface area contributed by atoms with Crippen molar-refractivity contribution >= 4 is 0 Å². The number of aromatic nitrogens is 2. The number of ether oxygens (including phenoxy) is 2. The van der Waals surface area contributed by atoms with Gasteiger partial charge in [0, 0.05) is 30.0 Å². The van der Waals surface area contributed by atoms with E-state index in [0.717, 1.165) is 0 Å². The van der Waals surface area contributed by atoms with E-state index in [-0.39, 0.29) is 5.75 Å². The Morgan fingerprint density at radius 2 is 2.16 bits per heavy atom. The summed E-state index contributed by atoms with van der Waals surface area (Å²) in [5, 5.41) is 15.9. The maximum absolute atomic E-state index is 12.4. The molecule has 1 unspecified atom stereocenters. The summed E-state index contributed by atoms with van der Waals surface area (Å²) in [5.41, 5.74) is 1.38. The fourth-order valence-corrected chi connectivity index (χ4v) is 1.66. The fourth-order valence-electron chi connectivity index (χ4n) is 1.66. The standard InChI is InChI=1S/C12H12F2N2O3/c1-18-11(17)7-2-3-9(8-5-15-16-6-8)10(4-7)19-12(13)14/h2-6,11-12,17H,1H3,(H,15,16). The van der Waals surface area contributed by atoms with Gasteiger partial charge in [-0.25, -0.2) is 0 Å². The average molecular weight is 270 g/mol. The van der Waals surface area contributed by atoms with Crippen molar-refractivity contribution in [1.29, 1.82) is 0 Å². The molecule has 7 heteroatoms. The third kappa shape index (κ3) is 3.07. The number of nitrogens with one attached hydrogen (secondary N) is 1. The quantitative estimate of drug-likeness (QED) is 0.818. The van der Waals surface area contributed by atoms with Crippen molar-refractivity contribution in [2.75, 3.05) is 7.11 Å². The van der Waals surface area contributed by atoms with Crippen LogP contribution in [0.5, 0.6) is 5.75 Å². The number of alkyl halides is 2. The molecule has 1 atom stereocenters. The number of aliphatic hydroxyl groups excluding tert-OH is 1. The van der Waals surface area contributed by atoms with E-state index < -0.39 is 12.9 Å². The van der Waals surface area contributed by atoms with Crippen molar-refractivity contribution in [2.45, 2.75) is 12.9 Å². The number of nitrogens with zero attached hydrogens (tertiary/aromatic N) is 1. The molecule has 0 fully saturated rings. The number of aromatic amines is 1. The first-order valence-electron chi connectivity index (χ1n) is 5.40. The Kier molecular flexibility index (Phi) is 4.08. The average Bonchev–Trinajstić information content (AvgIpc) is 2.90. The van der Waals surface area contributed by atoms with Gasteiger partial charge in [0.05, 0.1) is 6.20 Å². The van der Waals surface area contributed by atoms with E-state index in [1.54, 1.807) is 18.3 Å². The molecular weight excluding hydrogens is 258 g/mol. The molecule has 0 amide bonds. The van der Waals surface area contributed by atoms with Crippen LogP contribution in [-0.2, 0) is 4.74 Å². The molecule has 0 saturated carbocycles. The molecule has 0 spiro atoms. The predicted molar refractivity (Wildman–Crippen MR) is 62.6 cm³/mol. The van der Waals surface area contributed by atoms with Crippen LogP contribution in [0, 0.1) is 0 Å². The molecule has 5 nitrogen and oxygen atoms in total. The van der Waals surface area contributed by atoms with Gasteiger partial charge in [0.25, 0.3) is 0 Å².